The van der Waals surface area contributed by atoms with Crippen molar-refractivity contribution in [2.75, 3.05) is 5.73 Å². The van der Waals surface area contributed by atoms with Gasteiger partial charge in [0.2, 0.25) is 0 Å². The summed E-state index contributed by atoms with van der Waals surface area (Å²) in [6, 6.07) is 10.2. The Morgan fingerprint density at radius 1 is 1.25 bits per heavy atom. The van der Waals surface area contributed by atoms with Crippen molar-refractivity contribution in [3.05, 3.63) is 61.0 Å². The fourth-order valence-corrected chi connectivity index (χ4v) is 2.79. The van der Waals surface area contributed by atoms with Crippen LogP contribution in [-0.2, 0) is 6.61 Å². The quantitative estimate of drug-likeness (QED) is 0.471. The van der Waals surface area contributed by atoms with Gasteiger partial charge in [-0.15, -0.1) is 0 Å². The van der Waals surface area contributed by atoms with Crippen molar-refractivity contribution in [3.63, 3.8) is 0 Å². The number of anilines is 1. The molecule has 7 heteroatoms. The Morgan fingerprint density at radius 2 is 2.00 bits per heavy atom. The van der Waals surface area contributed by atoms with E-state index in [9.17, 15) is 10.1 Å². The summed E-state index contributed by atoms with van der Waals surface area (Å²) in [7, 11) is 0. The van der Waals surface area contributed by atoms with Crippen LogP contribution in [0.25, 0.3) is 0 Å². The molecular weight excluding hydrogens is 392 g/mol. The molecule has 0 spiro atoms. The largest absolute Gasteiger partial charge is 0.488 e. The molecule has 0 aliphatic carbocycles. The maximum atomic E-state index is 10.8. The highest BCUT2D eigenvalue weighted by molar-refractivity contribution is 9.11. The first-order valence-corrected chi connectivity index (χ1v) is 7.17. The Balaban J connectivity index is 2.19. The number of ether oxygens (including phenoxy) is 1. The number of hydrogen-bond donors (Lipinski definition) is 1. The van der Waals surface area contributed by atoms with Crippen LogP contribution in [0.5, 0.6) is 5.75 Å². The number of rotatable bonds is 4. The Labute approximate surface area is 132 Å². The molecule has 2 N–H and O–H groups in total. The van der Waals surface area contributed by atoms with Crippen molar-refractivity contribution < 1.29 is 9.66 Å². The third kappa shape index (κ3) is 3.29. The lowest BCUT2D eigenvalue weighted by Crippen LogP contribution is -2.03. The summed E-state index contributed by atoms with van der Waals surface area (Å²) < 4.78 is 7.33. The van der Waals surface area contributed by atoms with E-state index < -0.39 is 4.92 Å². The fraction of sp³-hybridized carbons (Fsp3) is 0.0769. The molecule has 0 aliphatic heterocycles. The number of nitrogens with zero attached hydrogens (tertiary/aromatic N) is 1. The van der Waals surface area contributed by atoms with Crippen LogP contribution in [0.1, 0.15) is 5.56 Å². The first-order valence-electron chi connectivity index (χ1n) is 5.58. The summed E-state index contributed by atoms with van der Waals surface area (Å²) in [5, 5.41) is 10.8. The molecule has 2 aromatic rings. The van der Waals surface area contributed by atoms with Crippen LogP contribution in [-0.4, -0.2) is 4.92 Å². The molecule has 0 fully saturated rings. The third-order valence-electron chi connectivity index (χ3n) is 2.65. The van der Waals surface area contributed by atoms with Gasteiger partial charge in [-0.2, -0.15) is 0 Å². The van der Waals surface area contributed by atoms with Gasteiger partial charge in [-0.05, 0) is 34.1 Å². The van der Waals surface area contributed by atoms with Crippen molar-refractivity contribution in [2.24, 2.45) is 0 Å². The van der Waals surface area contributed by atoms with Crippen LogP contribution in [0.15, 0.2) is 45.3 Å². The topological polar surface area (TPSA) is 78.4 Å². The minimum Gasteiger partial charge on any atom is -0.488 e. The van der Waals surface area contributed by atoms with E-state index >= 15 is 0 Å². The molecule has 2 rings (SSSR count). The van der Waals surface area contributed by atoms with Gasteiger partial charge in [-0.1, -0.05) is 28.1 Å². The Kier molecular flexibility index (Phi) is 4.61. The monoisotopic (exact) mass is 400 g/mol. The second-order valence-corrected chi connectivity index (χ2v) is 5.74. The van der Waals surface area contributed by atoms with Gasteiger partial charge in [0, 0.05) is 16.1 Å². The van der Waals surface area contributed by atoms with Crippen molar-refractivity contribution in [2.45, 2.75) is 6.61 Å². The first kappa shape index (κ1) is 14.8. The van der Waals surface area contributed by atoms with Gasteiger partial charge in [-0.25, -0.2) is 0 Å². The van der Waals surface area contributed by atoms with E-state index in [1.165, 1.54) is 6.07 Å². The lowest BCUT2D eigenvalue weighted by atomic mass is 10.1. The van der Waals surface area contributed by atoms with E-state index in [0.717, 1.165) is 8.95 Å². The summed E-state index contributed by atoms with van der Waals surface area (Å²) in [4.78, 5) is 10.3. The number of nitro groups is 1. The van der Waals surface area contributed by atoms with Gasteiger partial charge in [0.05, 0.1) is 9.40 Å². The smallest absolute Gasteiger partial charge is 0.292 e. The molecule has 104 valence electrons. The fourth-order valence-electron chi connectivity index (χ4n) is 1.63. The van der Waals surface area contributed by atoms with Crippen molar-refractivity contribution in [3.8, 4) is 5.75 Å². The van der Waals surface area contributed by atoms with Gasteiger partial charge in [0.15, 0.2) is 0 Å². The molecule has 5 nitrogen and oxygen atoms in total. The predicted molar refractivity (Wildman–Crippen MR) is 83.7 cm³/mol. The molecule has 0 bridgehead atoms. The third-order valence-corrected chi connectivity index (χ3v) is 3.76. The number of hydrogen-bond acceptors (Lipinski definition) is 4. The zero-order valence-corrected chi connectivity index (χ0v) is 13.3. The molecule has 0 radical (unpaired) electrons. The van der Waals surface area contributed by atoms with Gasteiger partial charge >= 0.3 is 0 Å². The number of benzene rings is 2. The average molecular weight is 402 g/mol. The molecular formula is C13H10Br2N2O3. The van der Waals surface area contributed by atoms with E-state index in [1.807, 2.05) is 12.1 Å². The summed E-state index contributed by atoms with van der Waals surface area (Å²) in [5.74, 6) is 0.638. The Bertz CT molecular complexity index is 662. The van der Waals surface area contributed by atoms with Gasteiger partial charge in [0.25, 0.3) is 5.69 Å². The maximum absolute atomic E-state index is 10.8. The first-order chi connectivity index (χ1) is 9.49. The molecule has 0 saturated heterocycles. The number of nitro benzene ring substituents is 1. The van der Waals surface area contributed by atoms with E-state index in [0.29, 0.717) is 11.3 Å². The Morgan fingerprint density at radius 3 is 2.65 bits per heavy atom. The van der Waals surface area contributed by atoms with Crippen LogP contribution in [0.4, 0.5) is 11.4 Å². The van der Waals surface area contributed by atoms with Gasteiger partial charge in [0.1, 0.15) is 18.0 Å². The second kappa shape index (κ2) is 6.23. The molecule has 0 heterocycles. The number of nitrogen functional groups attached to an aromatic ring is 1. The van der Waals surface area contributed by atoms with Crippen molar-refractivity contribution in [1.82, 2.24) is 0 Å². The minimum atomic E-state index is -0.506. The second-order valence-electron chi connectivity index (χ2n) is 3.97. The number of para-hydroxylation sites is 1. The highest BCUT2D eigenvalue weighted by Gasteiger charge is 2.14. The Hall–Kier alpha value is -1.60. The summed E-state index contributed by atoms with van der Waals surface area (Å²) >= 11 is 6.73. The minimum absolute atomic E-state index is 0.110. The standard InChI is InChI=1S/C13H10Br2N2O3/c14-9-4-5-12(10(15)6-9)20-7-8-2-1-3-11(13(8)16)17(18)19/h1-6H,7,16H2. The lowest BCUT2D eigenvalue weighted by molar-refractivity contribution is -0.384. The van der Waals surface area contributed by atoms with Crippen LogP contribution in [0.3, 0.4) is 0 Å². The SMILES string of the molecule is Nc1c(COc2ccc(Br)cc2Br)cccc1[N+](=O)[O-]. The highest BCUT2D eigenvalue weighted by atomic mass is 79.9. The van der Waals surface area contributed by atoms with Crippen molar-refractivity contribution >= 4 is 43.2 Å². The van der Waals surface area contributed by atoms with E-state index in [-0.39, 0.29) is 18.0 Å². The molecule has 2 aromatic carbocycles. The molecule has 20 heavy (non-hydrogen) atoms. The van der Waals surface area contributed by atoms with Gasteiger partial charge < -0.3 is 10.5 Å². The van der Waals surface area contributed by atoms with Crippen LogP contribution in [0, 0.1) is 10.1 Å². The predicted octanol–water partition coefficient (Wildman–Crippen LogP) is 4.28. The molecule has 0 saturated carbocycles. The van der Waals surface area contributed by atoms with E-state index in [2.05, 4.69) is 31.9 Å². The zero-order chi connectivity index (χ0) is 14.7. The maximum Gasteiger partial charge on any atom is 0.292 e. The van der Waals surface area contributed by atoms with Crippen LogP contribution in [0.2, 0.25) is 0 Å². The number of nitrogens with two attached hydrogens (primary N) is 1. The van der Waals surface area contributed by atoms with Crippen LogP contribution >= 0.6 is 31.9 Å². The molecule has 0 aromatic heterocycles. The van der Waals surface area contributed by atoms with E-state index in [1.54, 1.807) is 18.2 Å². The molecule has 0 aliphatic rings. The molecule has 0 atom stereocenters. The van der Waals surface area contributed by atoms with Crippen LogP contribution < -0.4 is 10.5 Å². The molecule has 0 unspecified atom stereocenters. The van der Waals surface area contributed by atoms with Gasteiger partial charge in [-0.3, -0.25) is 10.1 Å². The van der Waals surface area contributed by atoms with Crippen molar-refractivity contribution in [1.29, 1.82) is 0 Å². The lowest BCUT2D eigenvalue weighted by Gasteiger charge is -2.10. The summed E-state index contributed by atoms with van der Waals surface area (Å²) in [6.07, 6.45) is 0. The van der Waals surface area contributed by atoms with E-state index in [4.69, 9.17) is 10.5 Å². The average Bonchev–Trinajstić information content (AvgIpc) is 2.39. The molecule has 0 amide bonds. The summed E-state index contributed by atoms with van der Waals surface area (Å²) in [5.41, 5.74) is 6.37. The highest BCUT2D eigenvalue weighted by Crippen LogP contribution is 2.30. The zero-order valence-electron chi connectivity index (χ0n) is 10.2. The number of halogens is 2. The summed E-state index contributed by atoms with van der Waals surface area (Å²) in [6.45, 7) is 0.160. The normalized spacial score (nSPS) is 10.3.